The normalized spacial score (nSPS) is 17.2. The fourth-order valence-electron chi connectivity index (χ4n) is 2.20. The van der Waals surface area contributed by atoms with E-state index >= 15 is 0 Å². The summed E-state index contributed by atoms with van der Waals surface area (Å²) in [5.41, 5.74) is 1.02. The molecule has 1 N–H and O–H groups in total. The summed E-state index contributed by atoms with van der Waals surface area (Å²) in [6.07, 6.45) is 2.10. The first-order valence-electron chi connectivity index (χ1n) is 6.06. The van der Waals surface area contributed by atoms with Crippen LogP contribution in [0.1, 0.15) is 35.8 Å². The van der Waals surface area contributed by atoms with Crippen molar-refractivity contribution in [3.8, 4) is 0 Å². The average molecular weight is 234 g/mol. The van der Waals surface area contributed by atoms with E-state index in [1.54, 1.807) is 13.0 Å². The van der Waals surface area contributed by atoms with Gasteiger partial charge in [0.25, 0.3) is 5.91 Å². The molecule has 92 valence electrons. The zero-order valence-electron chi connectivity index (χ0n) is 10.3. The van der Waals surface area contributed by atoms with Gasteiger partial charge in [-0.25, -0.2) is 0 Å². The Kier molecular flexibility index (Phi) is 3.31. The van der Waals surface area contributed by atoms with Crippen molar-refractivity contribution in [3.63, 3.8) is 0 Å². The van der Waals surface area contributed by atoms with Gasteiger partial charge in [-0.15, -0.1) is 0 Å². The van der Waals surface area contributed by atoms with E-state index < -0.39 is 0 Å². The highest BCUT2D eigenvalue weighted by molar-refractivity contribution is 5.94. The lowest BCUT2D eigenvalue weighted by Gasteiger charge is -2.30. The summed E-state index contributed by atoms with van der Waals surface area (Å²) >= 11 is 0. The number of pyridine rings is 1. The largest absolute Gasteiger partial charge is 0.339 e. The van der Waals surface area contributed by atoms with Gasteiger partial charge in [0.1, 0.15) is 0 Å². The third-order valence-corrected chi connectivity index (χ3v) is 3.30. The Morgan fingerprint density at radius 2 is 2.00 bits per heavy atom. The third-order valence-electron chi connectivity index (χ3n) is 3.30. The number of hydrogen-bond acceptors (Lipinski definition) is 2. The lowest BCUT2D eigenvalue weighted by atomic mass is 9.98. The lowest BCUT2D eigenvalue weighted by molar-refractivity contribution is 0.0697. The van der Waals surface area contributed by atoms with E-state index in [0.717, 1.165) is 31.6 Å². The number of aromatic amines is 1. The van der Waals surface area contributed by atoms with Crippen molar-refractivity contribution in [3.05, 3.63) is 33.7 Å². The summed E-state index contributed by atoms with van der Waals surface area (Å²) < 4.78 is 0. The molecule has 0 unspecified atom stereocenters. The summed E-state index contributed by atoms with van der Waals surface area (Å²) in [5, 5.41) is 0. The number of H-pyrrole nitrogens is 1. The number of aryl methyl sites for hydroxylation is 1. The molecule has 0 atom stereocenters. The molecule has 1 aromatic rings. The SMILES string of the molecule is Cc1cc(C(=O)N2CCC(C)CC2)cc(=O)[nH]1. The fourth-order valence-corrected chi connectivity index (χ4v) is 2.20. The molecule has 0 saturated carbocycles. The molecular weight excluding hydrogens is 216 g/mol. The van der Waals surface area contributed by atoms with Gasteiger partial charge in [-0.2, -0.15) is 0 Å². The molecule has 2 rings (SSSR count). The number of aromatic nitrogens is 1. The van der Waals surface area contributed by atoms with E-state index in [9.17, 15) is 9.59 Å². The van der Waals surface area contributed by atoms with Gasteiger partial charge in [-0.3, -0.25) is 9.59 Å². The van der Waals surface area contributed by atoms with Gasteiger partial charge in [0, 0.05) is 30.4 Å². The van der Waals surface area contributed by atoms with Crippen LogP contribution in [0.25, 0.3) is 0 Å². The van der Waals surface area contributed by atoms with Crippen LogP contribution in [0.15, 0.2) is 16.9 Å². The number of amides is 1. The van der Waals surface area contributed by atoms with Crippen LogP contribution < -0.4 is 5.56 Å². The average Bonchev–Trinajstić information content (AvgIpc) is 2.28. The second kappa shape index (κ2) is 4.73. The second-order valence-electron chi connectivity index (χ2n) is 4.89. The Balaban J connectivity index is 2.16. The van der Waals surface area contributed by atoms with Crippen LogP contribution in [0.5, 0.6) is 0 Å². The molecule has 0 bridgehead atoms. The number of rotatable bonds is 1. The number of nitrogens with one attached hydrogen (secondary N) is 1. The fraction of sp³-hybridized carbons (Fsp3) is 0.538. The van der Waals surface area contributed by atoms with E-state index in [0.29, 0.717) is 11.5 Å². The first-order chi connectivity index (χ1) is 8.06. The highest BCUT2D eigenvalue weighted by Crippen LogP contribution is 2.17. The van der Waals surface area contributed by atoms with Gasteiger partial charge in [0.15, 0.2) is 0 Å². The Morgan fingerprint density at radius 1 is 1.35 bits per heavy atom. The van der Waals surface area contributed by atoms with Crippen LogP contribution in [-0.2, 0) is 0 Å². The number of hydrogen-bond donors (Lipinski definition) is 1. The smallest absolute Gasteiger partial charge is 0.254 e. The van der Waals surface area contributed by atoms with E-state index in [1.807, 2.05) is 4.90 Å². The maximum absolute atomic E-state index is 12.2. The van der Waals surface area contributed by atoms with Crippen LogP contribution in [-0.4, -0.2) is 28.9 Å². The van der Waals surface area contributed by atoms with Crippen molar-refractivity contribution < 1.29 is 4.79 Å². The molecule has 0 radical (unpaired) electrons. The molecule has 17 heavy (non-hydrogen) atoms. The van der Waals surface area contributed by atoms with Crippen molar-refractivity contribution in [2.75, 3.05) is 13.1 Å². The van der Waals surface area contributed by atoms with E-state index in [-0.39, 0.29) is 11.5 Å². The van der Waals surface area contributed by atoms with Crippen molar-refractivity contribution in [1.82, 2.24) is 9.88 Å². The minimum absolute atomic E-state index is 0.0221. The van der Waals surface area contributed by atoms with Crippen LogP contribution in [0.2, 0.25) is 0 Å². The van der Waals surface area contributed by atoms with Crippen LogP contribution in [0, 0.1) is 12.8 Å². The predicted octanol–water partition coefficient (Wildman–Crippen LogP) is 1.56. The number of piperidine rings is 1. The van der Waals surface area contributed by atoms with Crippen molar-refractivity contribution in [2.45, 2.75) is 26.7 Å². The number of likely N-dealkylation sites (tertiary alicyclic amines) is 1. The molecule has 2 heterocycles. The second-order valence-corrected chi connectivity index (χ2v) is 4.89. The molecule has 1 aliphatic heterocycles. The monoisotopic (exact) mass is 234 g/mol. The van der Waals surface area contributed by atoms with E-state index in [1.165, 1.54) is 6.07 Å². The number of nitrogens with zero attached hydrogens (tertiary/aromatic N) is 1. The standard InChI is InChI=1S/C13H18N2O2/c1-9-3-5-15(6-4-9)13(17)11-7-10(2)14-12(16)8-11/h7-9H,3-6H2,1-2H3,(H,14,16). The molecule has 1 aliphatic rings. The summed E-state index contributed by atoms with van der Waals surface area (Å²) in [5.74, 6) is 0.672. The molecule has 0 aliphatic carbocycles. The number of carbonyl (C=O) groups excluding carboxylic acids is 1. The molecular formula is C13H18N2O2. The minimum Gasteiger partial charge on any atom is -0.339 e. The molecule has 0 spiro atoms. The summed E-state index contributed by atoms with van der Waals surface area (Å²) in [6, 6.07) is 3.12. The van der Waals surface area contributed by atoms with Crippen molar-refractivity contribution in [1.29, 1.82) is 0 Å². The van der Waals surface area contributed by atoms with Crippen LogP contribution in [0.3, 0.4) is 0 Å². The predicted molar refractivity (Wildman–Crippen MR) is 66.1 cm³/mol. The highest BCUT2D eigenvalue weighted by Gasteiger charge is 2.21. The first-order valence-corrected chi connectivity index (χ1v) is 6.06. The Morgan fingerprint density at radius 3 is 2.59 bits per heavy atom. The number of carbonyl (C=O) groups is 1. The highest BCUT2D eigenvalue weighted by atomic mass is 16.2. The maximum atomic E-state index is 12.2. The maximum Gasteiger partial charge on any atom is 0.254 e. The molecule has 1 aromatic heterocycles. The molecule has 4 heteroatoms. The van der Waals surface area contributed by atoms with Gasteiger partial charge < -0.3 is 9.88 Å². The summed E-state index contributed by atoms with van der Waals surface area (Å²) in [4.78, 5) is 28.0. The van der Waals surface area contributed by atoms with Gasteiger partial charge in [0.2, 0.25) is 5.56 Å². The topological polar surface area (TPSA) is 53.2 Å². The lowest BCUT2D eigenvalue weighted by Crippen LogP contribution is -2.38. The molecule has 1 amide bonds. The molecule has 4 nitrogen and oxygen atoms in total. The molecule has 1 saturated heterocycles. The van der Waals surface area contributed by atoms with Crippen LogP contribution >= 0.6 is 0 Å². The zero-order chi connectivity index (χ0) is 12.4. The zero-order valence-corrected chi connectivity index (χ0v) is 10.3. The van der Waals surface area contributed by atoms with Gasteiger partial charge in [0.05, 0.1) is 0 Å². The Hall–Kier alpha value is -1.58. The third kappa shape index (κ3) is 2.75. The van der Waals surface area contributed by atoms with Gasteiger partial charge >= 0.3 is 0 Å². The molecule has 0 aromatic carbocycles. The summed E-state index contributed by atoms with van der Waals surface area (Å²) in [6.45, 7) is 5.59. The van der Waals surface area contributed by atoms with Gasteiger partial charge in [-0.1, -0.05) is 6.92 Å². The Labute approximate surface area is 101 Å². The van der Waals surface area contributed by atoms with E-state index in [4.69, 9.17) is 0 Å². The van der Waals surface area contributed by atoms with Crippen molar-refractivity contribution >= 4 is 5.91 Å². The van der Waals surface area contributed by atoms with E-state index in [2.05, 4.69) is 11.9 Å². The van der Waals surface area contributed by atoms with Gasteiger partial charge in [-0.05, 0) is 31.7 Å². The minimum atomic E-state index is -0.210. The quantitative estimate of drug-likeness (QED) is 0.801. The van der Waals surface area contributed by atoms with Crippen LogP contribution in [0.4, 0.5) is 0 Å². The Bertz CT molecular complexity index is 471. The first kappa shape index (κ1) is 11.9. The molecule has 1 fully saturated rings. The summed E-state index contributed by atoms with van der Waals surface area (Å²) in [7, 11) is 0. The van der Waals surface area contributed by atoms with Crippen molar-refractivity contribution in [2.24, 2.45) is 5.92 Å².